The van der Waals surface area contributed by atoms with E-state index in [-0.39, 0.29) is 17.2 Å². The molecule has 134 valence electrons. The zero-order valence-corrected chi connectivity index (χ0v) is 16.1. The van der Waals surface area contributed by atoms with E-state index in [1.54, 1.807) is 11.8 Å². The van der Waals surface area contributed by atoms with Crippen LogP contribution < -0.4 is 10.9 Å². The third-order valence-corrected chi connectivity index (χ3v) is 5.43. The van der Waals surface area contributed by atoms with E-state index in [9.17, 15) is 9.59 Å². The van der Waals surface area contributed by atoms with Gasteiger partial charge >= 0.3 is 0 Å². The number of carbonyl (C=O) groups is 1. The van der Waals surface area contributed by atoms with Crippen molar-refractivity contribution in [3.63, 3.8) is 0 Å². The van der Waals surface area contributed by atoms with Gasteiger partial charge in [0.25, 0.3) is 5.56 Å². The number of rotatable bonds is 9. The van der Waals surface area contributed by atoms with Crippen molar-refractivity contribution >= 4 is 35.1 Å². The van der Waals surface area contributed by atoms with Crippen LogP contribution in [-0.2, 0) is 17.0 Å². The lowest BCUT2D eigenvalue weighted by Crippen LogP contribution is -2.15. The first kappa shape index (κ1) is 19.6. The number of nitrogens with one attached hydrogen (secondary N) is 2. The maximum atomic E-state index is 12.1. The Bertz CT molecular complexity index is 745. The van der Waals surface area contributed by atoms with Crippen LogP contribution in [-0.4, -0.2) is 27.4 Å². The lowest BCUT2D eigenvalue weighted by molar-refractivity contribution is -0.113. The first-order valence-electron chi connectivity index (χ1n) is 8.30. The van der Waals surface area contributed by atoms with E-state index in [0.717, 1.165) is 30.0 Å². The Balaban J connectivity index is 1.88. The summed E-state index contributed by atoms with van der Waals surface area (Å²) >= 11 is 2.98. The number of aryl methyl sites for hydroxylation is 1. The monoisotopic (exact) mass is 377 g/mol. The molecule has 0 aliphatic rings. The predicted molar refractivity (Wildman–Crippen MR) is 106 cm³/mol. The molecule has 0 aliphatic heterocycles. The molecule has 0 spiro atoms. The van der Waals surface area contributed by atoms with Crippen LogP contribution in [0.5, 0.6) is 0 Å². The summed E-state index contributed by atoms with van der Waals surface area (Å²) in [5.41, 5.74) is 2.57. The highest BCUT2D eigenvalue weighted by Gasteiger charge is 2.07. The minimum Gasteiger partial charge on any atom is -0.325 e. The standard InChI is InChI=1S/C18H23N3O2S2/c1-3-9-24-11-15-10-16(22)21-18(20-15)25-12-17(23)19-14-7-5-13(4-2)6-8-14/h5-8,10H,3-4,9,11-12H2,1-2H3,(H,19,23)(H,20,21,22). The molecule has 0 fully saturated rings. The summed E-state index contributed by atoms with van der Waals surface area (Å²) in [6, 6.07) is 9.31. The van der Waals surface area contributed by atoms with Gasteiger partial charge in [0.1, 0.15) is 0 Å². The number of carbonyl (C=O) groups excluding carboxylic acids is 1. The molecule has 7 heteroatoms. The maximum absolute atomic E-state index is 12.1. The van der Waals surface area contributed by atoms with Crippen molar-refractivity contribution in [2.45, 2.75) is 37.6 Å². The van der Waals surface area contributed by atoms with Crippen LogP contribution in [0.4, 0.5) is 5.69 Å². The fourth-order valence-electron chi connectivity index (χ4n) is 2.10. The van der Waals surface area contributed by atoms with E-state index in [2.05, 4.69) is 29.1 Å². The average Bonchev–Trinajstić information content (AvgIpc) is 2.60. The van der Waals surface area contributed by atoms with Crippen molar-refractivity contribution in [2.24, 2.45) is 0 Å². The van der Waals surface area contributed by atoms with Gasteiger partial charge in [-0.3, -0.25) is 9.59 Å². The number of H-pyrrole nitrogens is 1. The molecule has 1 heterocycles. The Morgan fingerprint density at radius 1 is 1.24 bits per heavy atom. The molecular weight excluding hydrogens is 354 g/mol. The van der Waals surface area contributed by atoms with Crippen LogP contribution in [0.25, 0.3) is 0 Å². The minimum atomic E-state index is -0.180. The van der Waals surface area contributed by atoms with Crippen molar-refractivity contribution in [3.05, 3.63) is 51.9 Å². The van der Waals surface area contributed by atoms with Crippen LogP contribution in [0.2, 0.25) is 0 Å². The molecule has 0 atom stereocenters. The quantitative estimate of drug-likeness (QED) is 0.396. The third-order valence-electron chi connectivity index (χ3n) is 3.36. The molecule has 0 saturated heterocycles. The topological polar surface area (TPSA) is 74.8 Å². The summed E-state index contributed by atoms with van der Waals surface area (Å²) in [6.07, 6.45) is 2.06. The lowest BCUT2D eigenvalue weighted by atomic mass is 10.1. The molecule has 0 aliphatic carbocycles. The van der Waals surface area contributed by atoms with E-state index in [0.29, 0.717) is 10.9 Å². The molecular formula is C18H23N3O2S2. The van der Waals surface area contributed by atoms with Gasteiger partial charge in [-0.05, 0) is 36.3 Å². The number of aromatic amines is 1. The Labute approximate surface area is 156 Å². The third kappa shape index (κ3) is 6.96. The molecule has 0 bridgehead atoms. The van der Waals surface area contributed by atoms with Gasteiger partial charge in [-0.25, -0.2) is 4.98 Å². The van der Waals surface area contributed by atoms with Crippen molar-refractivity contribution < 1.29 is 4.79 Å². The molecule has 0 radical (unpaired) electrons. The zero-order valence-electron chi connectivity index (χ0n) is 14.5. The van der Waals surface area contributed by atoms with Gasteiger partial charge in [0.15, 0.2) is 5.16 Å². The molecule has 0 unspecified atom stereocenters. The van der Waals surface area contributed by atoms with Crippen LogP contribution in [0.1, 0.15) is 31.5 Å². The van der Waals surface area contributed by atoms with Gasteiger partial charge in [0.05, 0.1) is 11.4 Å². The summed E-state index contributed by atoms with van der Waals surface area (Å²) in [7, 11) is 0. The minimum absolute atomic E-state index is 0.123. The highest BCUT2D eigenvalue weighted by molar-refractivity contribution is 7.99. The van der Waals surface area contributed by atoms with Gasteiger partial charge in [0.2, 0.25) is 5.91 Å². The van der Waals surface area contributed by atoms with Crippen LogP contribution >= 0.6 is 23.5 Å². The summed E-state index contributed by atoms with van der Waals surface area (Å²) in [4.78, 5) is 30.9. The van der Waals surface area contributed by atoms with E-state index >= 15 is 0 Å². The lowest BCUT2D eigenvalue weighted by Gasteiger charge is -2.06. The Kier molecular flexibility index (Phi) is 8.08. The second kappa shape index (κ2) is 10.3. The summed E-state index contributed by atoms with van der Waals surface area (Å²) in [5, 5.41) is 3.33. The molecule has 5 nitrogen and oxygen atoms in total. The Hall–Kier alpha value is -1.73. The fourth-order valence-corrected chi connectivity index (χ4v) is 3.59. The van der Waals surface area contributed by atoms with E-state index in [4.69, 9.17) is 0 Å². The number of benzene rings is 1. The number of aromatic nitrogens is 2. The predicted octanol–water partition coefficient (Wildman–Crippen LogP) is 3.71. The molecule has 1 aromatic heterocycles. The molecule has 1 aromatic carbocycles. The van der Waals surface area contributed by atoms with Crippen molar-refractivity contribution in [3.8, 4) is 0 Å². The molecule has 2 N–H and O–H groups in total. The SMILES string of the molecule is CCCSCc1cc(=O)[nH]c(SCC(=O)Nc2ccc(CC)cc2)n1. The second-order valence-electron chi connectivity index (χ2n) is 5.48. The number of nitrogens with zero attached hydrogens (tertiary/aromatic N) is 1. The molecule has 0 saturated carbocycles. The first-order valence-corrected chi connectivity index (χ1v) is 10.4. The molecule has 2 rings (SSSR count). The van der Waals surface area contributed by atoms with Crippen molar-refractivity contribution in [1.82, 2.24) is 9.97 Å². The summed E-state index contributed by atoms with van der Waals surface area (Å²) in [5.74, 6) is 1.82. The molecule has 2 aromatic rings. The van der Waals surface area contributed by atoms with Crippen LogP contribution in [0.3, 0.4) is 0 Å². The van der Waals surface area contributed by atoms with Crippen LogP contribution in [0, 0.1) is 0 Å². The average molecular weight is 378 g/mol. The Morgan fingerprint density at radius 3 is 2.68 bits per heavy atom. The Morgan fingerprint density at radius 2 is 2.00 bits per heavy atom. The van der Waals surface area contributed by atoms with Gasteiger partial charge in [-0.2, -0.15) is 11.8 Å². The van der Waals surface area contributed by atoms with E-state index in [1.807, 2.05) is 24.3 Å². The molecule has 25 heavy (non-hydrogen) atoms. The van der Waals surface area contributed by atoms with Gasteiger partial charge in [-0.1, -0.05) is 37.7 Å². The largest absolute Gasteiger partial charge is 0.325 e. The maximum Gasteiger partial charge on any atom is 0.251 e. The summed E-state index contributed by atoms with van der Waals surface area (Å²) < 4.78 is 0. The smallest absolute Gasteiger partial charge is 0.251 e. The van der Waals surface area contributed by atoms with Crippen molar-refractivity contribution in [1.29, 1.82) is 0 Å². The first-order chi connectivity index (χ1) is 12.1. The van der Waals surface area contributed by atoms with Gasteiger partial charge < -0.3 is 10.3 Å². The van der Waals surface area contributed by atoms with Gasteiger partial charge in [0, 0.05) is 17.5 Å². The van der Waals surface area contributed by atoms with Gasteiger partial charge in [-0.15, -0.1) is 0 Å². The second-order valence-corrected chi connectivity index (χ2v) is 7.55. The van der Waals surface area contributed by atoms with Crippen LogP contribution in [0.15, 0.2) is 40.3 Å². The summed E-state index contributed by atoms with van der Waals surface area (Å²) in [6.45, 7) is 4.21. The van der Waals surface area contributed by atoms with Crippen molar-refractivity contribution in [2.75, 3.05) is 16.8 Å². The number of hydrogen-bond acceptors (Lipinski definition) is 5. The number of hydrogen-bond donors (Lipinski definition) is 2. The molecule has 1 amide bonds. The highest BCUT2D eigenvalue weighted by Crippen LogP contribution is 2.16. The van der Waals surface area contributed by atoms with E-state index < -0.39 is 0 Å². The normalized spacial score (nSPS) is 10.6. The number of anilines is 1. The number of thioether (sulfide) groups is 2. The van der Waals surface area contributed by atoms with E-state index in [1.165, 1.54) is 23.4 Å². The fraction of sp³-hybridized carbons (Fsp3) is 0.389. The zero-order chi connectivity index (χ0) is 18.1. The number of amides is 1. The highest BCUT2D eigenvalue weighted by atomic mass is 32.2.